The Labute approximate surface area is 215 Å². The molecule has 0 bridgehead atoms. The SMILES string of the molecule is COC(=O)c1cnnn1[C@@H]1[C@H]2OC(c3ccccc3)OC[C@H]2[SH](c2ccc(Cl)c(Cl)c2)C[C@@H]1OC. The average Bonchev–Trinajstić information content (AvgIpc) is 3.38. The fourth-order valence-corrected chi connectivity index (χ4v) is 8.17. The number of benzene rings is 2. The summed E-state index contributed by atoms with van der Waals surface area (Å²) >= 11 is 12.6. The molecule has 2 aromatic carbocycles. The number of carbonyl (C=O) groups excluding carboxylic acids is 1. The Morgan fingerprint density at radius 2 is 1.94 bits per heavy atom. The van der Waals surface area contributed by atoms with Gasteiger partial charge in [0.05, 0.1) is 42.2 Å². The quantitative estimate of drug-likeness (QED) is 0.379. The molecule has 2 fully saturated rings. The lowest BCUT2D eigenvalue weighted by molar-refractivity contribution is -0.233. The first kappa shape index (κ1) is 24.5. The predicted octanol–water partition coefficient (Wildman–Crippen LogP) is 4.48. The number of methoxy groups -OCH3 is 2. The van der Waals surface area contributed by atoms with Crippen LogP contribution in [-0.4, -0.2) is 65.0 Å². The van der Waals surface area contributed by atoms with Crippen LogP contribution < -0.4 is 0 Å². The molecule has 35 heavy (non-hydrogen) atoms. The Balaban J connectivity index is 1.57. The maximum absolute atomic E-state index is 12.5. The molecule has 3 heterocycles. The van der Waals surface area contributed by atoms with Gasteiger partial charge in [-0.05, 0) is 23.1 Å². The molecule has 1 aromatic heterocycles. The van der Waals surface area contributed by atoms with E-state index in [2.05, 4.69) is 10.3 Å². The molecule has 5 rings (SSSR count). The van der Waals surface area contributed by atoms with Gasteiger partial charge in [0.1, 0.15) is 6.04 Å². The number of ether oxygens (including phenoxy) is 4. The van der Waals surface area contributed by atoms with Crippen molar-refractivity contribution in [2.75, 3.05) is 26.6 Å². The lowest BCUT2D eigenvalue weighted by Crippen LogP contribution is -2.55. The van der Waals surface area contributed by atoms with Crippen LogP contribution in [0.15, 0.2) is 59.6 Å². The number of hydrogen-bond donors (Lipinski definition) is 1. The minimum Gasteiger partial charge on any atom is -0.464 e. The van der Waals surface area contributed by atoms with Gasteiger partial charge in [-0.3, -0.25) is 0 Å². The van der Waals surface area contributed by atoms with E-state index in [1.807, 2.05) is 48.5 Å². The van der Waals surface area contributed by atoms with Crippen molar-refractivity contribution in [2.45, 2.75) is 34.7 Å². The van der Waals surface area contributed by atoms with Crippen molar-refractivity contribution in [1.29, 1.82) is 0 Å². The van der Waals surface area contributed by atoms with E-state index in [1.165, 1.54) is 13.3 Å². The highest BCUT2D eigenvalue weighted by molar-refractivity contribution is 8.17. The molecule has 2 aliphatic rings. The summed E-state index contributed by atoms with van der Waals surface area (Å²) in [7, 11) is 2.17. The van der Waals surface area contributed by atoms with Gasteiger partial charge in [0.25, 0.3) is 0 Å². The molecule has 0 saturated carbocycles. The van der Waals surface area contributed by atoms with Crippen molar-refractivity contribution >= 4 is 40.1 Å². The lowest BCUT2D eigenvalue weighted by Gasteiger charge is -2.51. The van der Waals surface area contributed by atoms with Crippen LogP contribution in [-0.2, 0) is 18.9 Å². The van der Waals surface area contributed by atoms with Crippen molar-refractivity contribution in [3.8, 4) is 0 Å². The summed E-state index contributed by atoms with van der Waals surface area (Å²) < 4.78 is 25.4. The number of rotatable bonds is 5. The van der Waals surface area contributed by atoms with Crippen LogP contribution in [0.25, 0.3) is 0 Å². The standard InChI is InChI=1S/C24H25Cl2N3O5S/c1-31-19-13-35(15-8-9-16(25)17(26)10-15)20-12-33-24(14-6-4-3-5-7-14)34-22(20)21(19)29-18(11-27-28-29)23(30)32-2/h3-11,19-22,24,35H,12-13H2,1-2H3/t19-,20+,21-,22-,24?/m0/s1. The van der Waals surface area contributed by atoms with E-state index in [-0.39, 0.29) is 23.2 Å². The summed E-state index contributed by atoms with van der Waals surface area (Å²) in [5.41, 5.74) is 1.15. The van der Waals surface area contributed by atoms with Gasteiger partial charge in [0.15, 0.2) is 12.0 Å². The summed E-state index contributed by atoms with van der Waals surface area (Å²) in [5, 5.41) is 9.25. The summed E-state index contributed by atoms with van der Waals surface area (Å²) in [5.74, 6) is 0.170. The van der Waals surface area contributed by atoms with Crippen molar-refractivity contribution < 1.29 is 23.7 Å². The molecule has 0 amide bonds. The molecule has 0 spiro atoms. The third kappa shape index (κ3) is 4.69. The molecule has 6 atom stereocenters. The highest BCUT2D eigenvalue weighted by atomic mass is 35.5. The number of aromatic nitrogens is 3. The minimum atomic E-state index is -0.813. The van der Waals surface area contributed by atoms with Gasteiger partial charge < -0.3 is 18.9 Å². The maximum Gasteiger partial charge on any atom is 0.358 e. The Kier molecular flexibility index (Phi) is 7.34. The van der Waals surface area contributed by atoms with Crippen molar-refractivity contribution in [2.24, 2.45) is 0 Å². The molecule has 8 nitrogen and oxygen atoms in total. The molecule has 2 aliphatic heterocycles. The highest BCUT2D eigenvalue weighted by Gasteiger charge is 2.50. The third-order valence-electron chi connectivity index (χ3n) is 6.43. The Morgan fingerprint density at radius 1 is 1.14 bits per heavy atom. The van der Waals surface area contributed by atoms with Gasteiger partial charge in [-0.25, -0.2) is 20.4 Å². The summed E-state index contributed by atoms with van der Waals surface area (Å²) in [6.45, 7) is 0.464. The fraction of sp³-hybridized carbons (Fsp3) is 0.375. The molecule has 0 aliphatic carbocycles. The first-order chi connectivity index (χ1) is 17.0. The topological polar surface area (TPSA) is 84.7 Å². The molecule has 0 radical (unpaired) electrons. The predicted molar refractivity (Wildman–Crippen MR) is 134 cm³/mol. The number of nitrogens with zero attached hydrogens (tertiary/aromatic N) is 3. The zero-order valence-corrected chi connectivity index (χ0v) is 21.5. The van der Waals surface area contributed by atoms with Gasteiger partial charge >= 0.3 is 5.97 Å². The van der Waals surface area contributed by atoms with Crippen LogP contribution in [0, 0.1) is 0 Å². The van der Waals surface area contributed by atoms with E-state index in [0.29, 0.717) is 22.4 Å². The first-order valence-electron chi connectivity index (χ1n) is 11.1. The van der Waals surface area contributed by atoms with Crippen LogP contribution in [0.3, 0.4) is 0 Å². The van der Waals surface area contributed by atoms with E-state index in [4.69, 9.17) is 42.1 Å². The van der Waals surface area contributed by atoms with Gasteiger partial charge in [0.2, 0.25) is 0 Å². The molecular weight excluding hydrogens is 513 g/mol. The van der Waals surface area contributed by atoms with E-state index < -0.39 is 29.2 Å². The number of esters is 1. The molecule has 3 aromatic rings. The van der Waals surface area contributed by atoms with Crippen molar-refractivity contribution in [1.82, 2.24) is 15.0 Å². The number of fused-ring (bicyclic) bond motifs is 1. The summed E-state index contributed by atoms with van der Waals surface area (Å²) in [6, 6.07) is 15.1. The second-order valence-corrected chi connectivity index (χ2v) is 11.6. The molecule has 2 unspecified atom stereocenters. The van der Waals surface area contributed by atoms with Crippen LogP contribution >= 0.6 is 34.1 Å². The molecule has 11 heteroatoms. The van der Waals surface area contributed by atoms with E-state index >= 15 is 0 Å². The number of thiol groups is 1. The average molecular weight is 538 g/mol. The second kappa shape index (κ2) is 10.5. The Morgan fingerprint density at radius 3 is 2.66 bits per heavy atom. The normalized spacial score (nSPS) is 29.4. The first-order valence-corrected chi connectivity index (χ1v) is 13.4. The molecule has 186 valence electrons. The van der Waals surface area contributed by atoms with Gasteiger partial charge in [-0.15, -0.1) is 5.10 Å². The minimum absolute atomic E-state index is 0.00620. The summed E-state index contributed by atoms with van der Waals surface area (Å²) in [4.78, 5) is 13.6. The van der Waals surface area contributed by atoms with Gasteiger partial charge in [-0.1, -0.05) is 58.7 Å². The van der Waals surface area contributed by atoms with E-state index in [1.54, 1.807) is 11.8 Å². The zero-order valence-electron chi connectivity index (χ0n) is 19.1. The molecular formula is C24H25Cl2N3O5S. The zero-order chi connectivity index (χ0) is 24.5. The maximum atomic E-state index is 12.5. The van der Waals surface area contributed by atoms with Crippen LogP contribution in [0.2, 0.25) is 10.0 Å². The fourth-order valence-electron chi connectivity index (χ4n) is 4.75. The number of carbonyl (C=O) groups is 1. The van der Waals surface area contributed by atoms with E-state index in [0.717, 1.165) is 10.5 Å². The van der Waals surface area contributed by atoms with Crippen molar-refractivity contribution in [3.63, 3.8) is 0 Å². The lowest BCUT2D eigenvalue weighted by atomic mass is 10.00. The van der Waals surface area contributed by atoms with E-state index in [9.17, 15) is 4.79 Å². The Bertz CT molecular complexity index is 1200. The van der Waals surface area contributed by atoms with Crippen molar-refractivity contribution in [3.05, 3.63) is 76.0 Å². The van der Waals surface area contributed by atoms with Crippen LogP contribution in [0.4, 0.5) is 0 Å². The second-order valence-electron chi connectivity index (χ2n) is 8.31. The van der Waals surface area contributed by atoms with Gasteiger partial charge in [-0.2, -0.15) is 0 Å². The molecule has 2 saturated heterocycles. The highest BCUT2D eigenvalue weighted by Crippen LogP contribution is 2.54. The smallest absolute Gasteiger partial charge is 0.358 e. The van der Waals surface area contributed by atoms with Gasteiger partial charge in [0, 0.05) is 23.7 Å². The largest absolute Gasteiger partial charge is 0.464 e. The Hall–Kier alpha value is -2.14. The van der Waals surface area contributed by atoms with Crippen LogP contribution in [0.1, 0.15) is 28.4 Å². The monoisotopic (exact) mass is 537 g/mol. The van der Waals surface area contributed by atoms with Crippen LogP contribution in [0.5, 0.6) is 0 Å². The summed E-state index contributed by atoms with van der Waals surface area (Å²) in [6.07, 6.45) is 0.152. The number of halogens is 2. The number of hydrogen-bond acceptors (Lipinski definition) is 7. The third-order valence-corrected chi connectivity index (χ3v) is 10.1. The molecule has 0 N–H and O–H groups in total.